The van der Waals surface area contributed by atoms with Gasteiger partial charge in [0.05, 0.1) is 0 Å². The molecule has 30 heavy (non-hydrogen) atoms. The Kier molecular flexibility index (Phi) is 11.4. The third kappa shape index (κ3) is 7.97. The van der Waals surface area contributed by atoms with E-state index in [1.807, 2.05) is 48.4 Å². The zero-order valence-electron chi connectivity index (χ0n) is 18.8. The van der Waals surface area contributed by atoms with Crippen LogP contribution in [-0.2, 0) is 0 Å². The van der Waals surface area contributed by atoms with Crippen LogP contribution in [0, 0.1) is 13.8 Å². The third-order valence-corrected chi connectivity index (χ3v) is 4.47. The Morgan fingerprint density at radius 3 is 2.23 bits per heavy atom. The Bertz CT molecular complexity index is 805. The maximum absolute atomic E-state index is 12.6. The van der Waals surface area contributed by atoms with Crippen molar-refractivity contribution in [2.75, 3.05) is 29.9 Å². The van der Waals surface area contributed by atoms with Crippen LogP contribution < -0.4 is 10.2 Å². The van der Waals surface area contributed by atoms with Gasteiger partial charge in [-0.2, -0.15) is 0 Å². The van der Waals surface area contributed by atoms with Gasteiger partial charge in [-0.05, 0) is 44.5 Å². The molecule has 1 aliphatic rings. The summed E-state index contributed by atoms with van der Waals surface area (Å²) in [5.41, 5.74) is 3.18. The van der Waals surface area contributed by atoms with E-state index in [4.69, 9.17) is 15.0 Å². The second kappa shape index (κ2) is 13.5. The molecule has 1 atom stereocenters. The molecule has 156 valence electrons. The molecule has 0 spiro atoms. The Balaban J connectivity index is 0.000000672. The molecule has 0 bridgehead atoms. The first-order valence-electron chi connectivity index (χ1n) is 10.2. The molecule has 0 saturated carbocycles. The second-order valence-corrected chi connectivity index (χ2v) is 7.10. The molecule has 2 amide bonds. The van der Waals surface area contributed by atoms with Crippen molar-refractivity contribution < 1.29 is 4.79 Å². The number of urea groups is 1. The van der Waals surface area contributed by atoms with Crippen molar-refractivity contribution >= 4 is 44.4 Å². The van der Waals surface area contributed by atoms with E-state index in [1.54, 1.807) is 13.8 Å². The molecule has 1 saturated heterocycles. The average Bonchev–Trinajstić information content (AvgIpc) is 2.71. The number of piperazine rings is 1. The normalized spacial score (nSPS) is 15.0. The summed E-state index contributed by atoms with van der Waals surface area (Å²) in [6.45, 7) is 12.0. The zero-order valence-corrected chi connectivity index (χ0v) is 18.8. The van der Waals surface area contributed by atoms with Gasteiger partial charge in [0.15, 0.2) is 0 Å². The first-order valence-corrected chi connectivity index (χ1v) is 10.2. The molecule has 1 aromatic heterocycles. The molecule has 1 aliphatic heterocycles. The first kappa shape index (κ1) is 25.3. The van der Waals surface area contributed by atoms with Gasteiger partial charge < -0.3 is 15.1 Å². The second-order valence-electron chi connectivity index (χ2n) is 7.10. The van der Waals surface area contributed by atoms with Crippen LogP contribution in [0.5, 0.6) is 0 Å². The summed E-state index contributed by atoms with van der Waals surface area (Å²) in [6, 6.07) is 12.0. The van der Waals surface area contributed by atoms with E-state index in [0.29, 0.717) is 6.54 Å². The van der Waals surface area contributed by atoms with Gasteiger partial charge in [0.2, 0.25) is 0 Å². The van der Waals surface area contributed by atoms with E-state index in [9.17, 15) is 4.79 Å². The number of aryl methyl sites for hydroxylation is 2. The number of rotatable bonds is 2. The molecule has 3 rings (SSSR count). The average molecular weight is 402 g/mol. The van der Waals surface area contributed by atoms with E-state index in [0.717, 1.165) is 24.6 Å². The number of carbonyl (C=O) groups is 1. The van der Waals surface area contributed by atoms with Crippen LogP contribution >= 0.6 is 0 Å². The number of hydrogen-bond acceptors (Lipinski definition) is 3. The number of hydrogen-bond donors (Lipinski definition) is 1. The SMILES string of the molecule is Cc1ccc(NC(=O)N2CCN(c3ncccc3C)CC2C)cc1.[B]=CC.[B]=CC. The summed E-state index contributed by atoms with van der Waals surface area (Å²) < 4.78 is 0. The molecule has 0 aliphatic carbocycles. The van der Waals surface area contributed by atoms with Crippen molar-refractivity contribution in [3.8, 4) is 0 Å². The van der Waals surface area contributed by atoms with Gasteiger partial charge in [0.25, 0.3) is 0 Å². The van der Waals surface area contributed by atoms with Crippen molar-refractivity contribution in [3.05, 3.63) is 53.7 Å². The van der Waals surface area contributed by atoms with Gasteiger partial charge in [0, 0.05) is 37.6 Å². The Hall–Kier alpha value is -2.69. The summed E-state index contributed by atoms with van der Waals surface area (Å²) in [4.78, 5) is 21.2. The Morgan fingerprint density at radius 1 is 1.10 bits per heavy atom. The quantitative estimate of drug-likeness (QED) is 0.784. The topological polar surface area (TPSA) is 48.5 Å². The van der Waals surface area contributed by atoms with Crippen molar-refractivity contribution in [2.24, 2.45) is 0 Å². The molecule has 1 aromatic carbocycles. The van der Waals surface area contributed by atoms with E-state index in [2.05, 4.69) is 35.1 Å². The molecular weight excluding hydrogens is 370 g/mol. The summed E-state index contributed by atoms with van der Waals surface area (Å²) in [5, 5.41) is 2.99. The van der Waals surface area contributed by atoms with E-state index in [1.165, 1.54) is 23.1 Å². The van der Waals surface area contributed by atoms with Crippen LogP contribution in [-0.4, -0.2) is 68.5 Å². The van der Waals surface area contributed by atoms with Crippen LogP contribution in [0.4, 0.5) is 16.3 Å². The van der Waals surface area contributed by atoms with Crippen molar-refractivity contribution in [1.29, 1.82) is 0 Å². The number of pyridine rings is 1. The van der Waals surface area contributed by atoms with E-state index < -0.39 is 0 Å². The summed E-state index contributed by atoms with van der Waals surface area (Å²) >= 11 is 0. The number of benzene rings is 1. The number of carbonyl (C=O) groups excluding carboxylic acids is 1. The standard InChI is InChI=1S/C19H24N4O.2C2H4B/c1-14-6-8-17(9-7-14)21-19(24)23-12-11-22(13-16(23)3)18-15(2)5-4-10-20-18;2*1-2-3/h4-10,16H,11-13H2,1-3H3,(H,21,24);2*2H,1H3. The van der Waals surface area contributed by atoms with Crippen molar-refractivity contribution in [1.82, 2.24) is 9.88 Å². The summed E-state index contributed by atoms with van der Waals surface area (Å²) in [6.07, 6.45) is 1.82. The molecule has 2 radical (unpaired) electrons. The number of anilines is 2. The summed E-state index contributed by atoms with van der Waals surface area (Å²) in [7, 11) is 9.44. The Morgan fingerprint density at radius 2 is 1.70 bits per heavy atom. The zero-order chi connectivity index (χ0) is 22.5. The number of nitrogens with zero attached hydrogens (tertiary/aromatic N) is 3. The third-order valence-electron chi connectivity index (χ3n) is 4.47. The predicted molar refractivity (Wildman–Crippen MR) is 133 cm³/mol. The van der Waals surface area contributed by atoms with E-state index in [-0.39, 0.29) is 12.1 Å². The van der Waals surface area contributed by atoms with Crippen LogP contribution in [0.25, 0.3) is 0 Å². The molecule has 5 nitrogen and oxygen atoms in total. The van der Waals surface area contributed by atoms with Gasteiger partial charge in [-0.25, -0.2) is 9.78 Å². The van der Waals surface area contributed by atoms with E-state index >= 15 is 0 Å². The number of amides is 2. The minimum absolute atomic E-state index is 0.0382. The molecule has 1 fully saturated rings. The molecule has 1 N–H and O–H groups in total. The van der Waals surface area contributed by atoms with Gasteiger partial charge in [0.1, 0.15) is 5.82 Å². The fourth-order valence-corrected chi connectivity index (χ4v) is 3.09. The molecule has 2 heterocycles. The first-order chi connectivity index (χ1) is 14.4. The molecular formula is C23H32B2N4O. The fraction of sp³-hybridized carbons (Fsp3) is 0.391. The molecule has 7 heteroatoms. The van der Waals surface area contributed by atoms with Crippen LogP contribution in [0.15, 0.2) is 42.6 Å². The van der Waals surface area contributed by atoms with Crippen molar-refractivity contribution in [2.45, 2.75) is 40.7 Å². The Labute approximate surface area is 183 Å². The predicted octanol–water partition coefficient (Wildman–Crippen LogP) is 3.40. The van der Waals surface area contributed by atoms with Crippen molar-refractivity contribution in [3.63, 3.8) is 0 Å². The van der Waals surface area contributed by atoms with Crippen LogP contribution in [0.1, 0.15) is 31.9 Å². The van der Waals surface area contributed by atoms with Crippen LogP contribution in [0.3, 0.4) is 0 Å². The number of aromatic nitrogens is 1. The van der Waals surface area contributed by atoms with Gasteiger partial charge >= 0.3 is 46.8 Å². The monoisotopic (exact) mass is 402 g/mol. The number of nitrogens with one attached hydrogen (secondary N) is 1. The fourth-order valence-electron chi connectivity index (χ4n) is 3.09. The molecule has 1 unspecified atom stereocenters. The summed E-state index contributed by atoms with van der Waals surface area (Å²) in [5.74, 6) is 4.02. The molecule has 2 aromatic rings. The van der Waals surface area contributed by atoms with Gasteiger partial charge in [-0.15, -0.1) is 0 Å². The van der Waals surface area contributed by atoms with Crippen LogP contribution in [0.2, 0.25) is 0 Å². The maximum atomic E-state index is 12.6. The van der Waals surface area contributed by atoms with Gasteiger partial charge in [-0.3, -0.25) is 0 Å². The minimum atomic E-state index is -0.0382. The van der Waals surface area contributed by atoms with Gasteiger partial charge in [-0.1, -0.05) is 23.8 Å².